The summed E-state index contributed by atoms with van der Waals surface area (Å²) in [6.45, 7) is 16.4. The van der Waals surface area contributed by atoms with E-state index in [1.54, 1.807) is 7.11 Å². The van der Waals surface area contributed by atoms with Gasteiger partial charge in [0.15, 0.2) is 5.69 Å². The highest BCUT2D eigenvalue weighted by molar-refractivity contribution is 5.98. The lowest BCUT2D eigenvalue weighted by Crippen LogP contribution is -2.67. The highest BCUT2D eigenvalue weighted by Crippen LogP contribution is 2.51. The third-order valence-corrected chi connectivity index (χ3v) is 9.56. The first kappa shape index (κ1) is 31.8. The van der Waals surface area contributed by atoms with Crippen molar-refractivity contribution < 1.29 is 19.1 Å². The molecule has 1 heterocycles. The molecule has 7 nitrogen and oxygen atoms in total. The zero-order valence-corrected chi connectivity index (χ0v) is 27.9. The SMILES string of the molecule is COc1ccccc1-c1cc(C(=O)NC2(C(=O)OC(C)(C)C)C(C)CC3CC(C)CC2C3)nn1-c1ccc(C)cc1C(C)C. The molecular formula is C37H49N3O4. The number of benzene rings is 2. The van der Waals surface area contributed by atoms with Gasteiger partial charge in [-0.2, -0.15) is 5.10 Å². The molecular weight excluding hydrogens is 550 g/mol. The van der Waals surface area contributed by atoms with Crippen LogP contribution in [0.25, 0.3) is 16.9 Å². The van der Waals surface area contributed by atoms with Gasteiger partial charge in [0, 0.05) is 5.56 Å². The molecule has 0 radical (unpaired) electrons. The summed E-state index contributed by atoms with van der Waals surface area (Å²) < 4.78 is 13.7. The number of para-hydroxylation sites is 1. The van der Waals surface area contributed by atoms with Crippen molar-refractivity contribution in [3.63, 3.8) is 0 Å². The molecule has 2 bridgehead atoms. The highest BCUT2D eigenvalue weighted by Gasteiger charge is 2.58. The van der Waals surface area contributed by atoms with Crippen LogP contribution in [0.4, 0.5) is 0 Å². The zero-order valence-electron chi connectivity index (χ0n) is 27.9. The van der Waals surface area contributed by atoms with Gasteiger partial charge in [-0.15, -0.1) is 0 Å². The largest absolute Gasteiger partial charge is 0.496 e. The van der Waals surface area contributed by atoms with E-state index in [1.807, 2.05) is 55.8 Å². The van der Waals surface area contributed by atoms with E-state index < -0.39 is 11.1 Å². The molecule has 7 heteroatoms. The standard InChI is InChI=1S/C37H49N3O4/c1-22(2)29-18-23(3)14-15-31(29)40-32(28-12-10-11-13-33(28)43-9)21-30(39-40)34(41)38-37(35(42)44-36(6,7)8)25(5)19-26-16-24(4)17-27(37)20-26/h10-15,18,21-22,24-27H,16-17,19-20H2,1-9H3,(H,38,41). The second kappa shape index (κ2) is 12.1. The predicted octanol–water partition coefficient (Wildman–Crippen LogP) is 7.88. The number of carbonyl (C=O) groups is 2. The van der Waals surface area contributed by atoms with Crippen LogP contribution in [0, 0.1) is 30.6 Å². The van der Waals surface area contributed by atoms with Gasteiger partial charge in [0.25, 0.3) is 5.91 Å². The van der Waals surface area contributed by atoms with E-state index in [2.05, 4.69) is 58.1 Å². The van der Waals surface area contributed by atoms with E-state index in [4.69, 9.17) is 14.6 Å². The van der Waals surface area contributed by atoms with Crippen LogP contribution < -0.4 is 10.1 Å². The van der Waals surface area contributed by atoms with Gasteiger partial charge >= 0.3 is 5.97 Å². The number of nitrogens with one attached hydrogen (secondary N) is 1. The molecule has 0 saturated heterocycles. The number of hydrogen-bond acceptors (Lipinski definition) is 5. The third kappa shape index (κ3) is 6.02. The van der Waals surface area contributed by atoms with Gasteiger partial charge in [-0.1, -0.05) is 57.5 Å². The summed E-state index contributed by atoms with van der Waals surface area (Å²) >= 11 is 0. The number of hydrogen-bond donors (Lipinski definition) is 1. The molecule has 1 aromatic heterocycles. The molecule has 0 spiro atoms. The predicted molar refractivity (Wildman–Crippen MR) is 174 cm³/mol. The zero-order chi connectivity index (χ0) is 32.0. The summed E-state index contributed by atoms with van der Waals surface area (Å²) in [5.41, 5.74) is 3.21. The average molecular weight is 600 g/mol. The minimum absolute atomic E-state index is 0.000726. The molecule has 1 amide bonds. The van der Waals surface area contributed by atoms with Crippen LogP contribution in [-0.2, 0) is 9.53 Å². The number of fused-ring (bicyclic) bond motifs is 2. The Hall–Kier alpha value is -3.61. The highest BCUT2D eigenvalue weighted by atomic mass is 16.6. The quantitative estimate of drug-likeness (QED) is 0.279. The topological polar surface area (TPSA) is 82.4 Å². The molecule has 2 aromatic carbocycles. The normalized spacial score (nSPS) is 25.0. The van der Waals surface area contributed by atoms with E-state index in [0.29, 0.717) is 17.6 Å². The van der Waals surface area contributed by atoms with Gasteiger partial charge in [-0.25, -0.2) is 9.48 Å². The van der Waals surface area contributed by atoms with Gasteiger partial charge in [-0.05, 0) is 113 Å². The van der Waals surface area contributed by atoms with Crippen LogP contribution >= 0.6 is 0 Å². The van der Waals surface area contributed by atoms with Gasteiger partial charge in [0.2, 0.25) is 0 Å². The second-order valence-corrected chi connectivity index (χ2v) is 14.6. The molecule has 1 N–H and O–H groups in total. The molecule has 2 aliphatic carbocycles. The molecule has 2 aliphatic rings. The molecule has 2 fully saturated rings. The van der Waals surface area contributed by atoms with Crippen LogP contribution in [0.3, 0.4) is 0 Å². The van der Waals surface area contributed by atoms with Gasteiger partial charge < -0.3 is 14.8 Å². The Labute approximate surface area is 262 Å². The Morgan fingerprint density at radius 2 is 1.75 bits per heavy atom. The Balaban J connectivity index is 1.64. The number of methoxy groups -OCH3 is 1. The van der Waals surface area contributed by atoms with Crippen molar-refractivity contribution in [3.05, 3.63) is 65.4 Å². The van der Waals surface area contributed by atoms with Crippen LogP contribution in [0.2, 0.25) is 0 Å². The number of rotatable bonds is 7. The van der Waals surface area contributed by atoms with E-state index in [-0.39, 0.29) is 35.3 Å². The van der Waals surface area contributed by atoms with Gasteiger partial charge in [0.1, 0.15) is 16.9 Å². The average Bonchev–Trinajstić information content (AvgIpc) is 3.39. The van der Waals surface area contributed by atoms with Crippen molar-refractivity contribution in [1.82, 2.24) is 15.1 Å². The summed E-state index contributed by atoms with van der Waals surface area (Å²) in [5, 5.41) is 8.25. The number of nitrogens with zero attached hydrogens (tertiary/aromatic N) is 2. The van der Waals surface area contributed by atoms with Crippen molar-refractivity contribution in [1.29, 1.82) is 0 Å². The lowest BCUT2D eigenvalue weighted by Gasteiger charge is -2.53. The first-order valence-electron chi connectivity index (χ1n) is 16.1. The van der Waals surface area contributed by atoms with Crippen LogP contribution in [0.15, 0.2) is 48.5 Å². The second-order valence-electron chi connectivity index (χ2n) is 14.6. The fourth-order valence-electron chi connectivity index (χ4n) is 7.71. The van der Waals surface area contributed by atoms with Crippen molar-refractivity contribution in [2.45, 2.75) is 98.1 Å². The molecule has 2 saturated carbocycles. The molecule has 236 valence electrons. The van der Waals surface area contributed by atoms with Crippen molar-refractivity contribution in [3.8, 4) is 22.7 Å². The molecule has 0 aliphatic heterocycles. The van der Waals surface area contributed by atoms with Crippen LogP contribution in [-0.4, -0.2) is 39.9 Å². The number of carbonyl (C=O) groups excluding carboxylic acids is 2. The summed E-state index contributed by atoms with van der Waals surface area (Å²) in [6.07, 6.45) is 3.83. The summed E-state index contributed by atoms with van der Waals surface area (Å²) in [5.74, 6) is 1.18. The lowest BCUT2D eigenvalue weighted by molar-refractivity contribution is -0.173. The van der Waals surface area contributed by atoms with Crippen LogP contribution in [0.5, 0.6) is 5.75 Å². The van der Waals surface area contributed by atoms with E-state index in [1.165, 1.54) is 6.42 Å². The minimum Gasteiger partial charge on any atom is -0.496 e. The van der Waals surface area contributed by atoms with Crippen molar-refractivity contribution in [2.75, 3.05) is 7.11 Å². The fourth-order valence-corrected chi connectivity index (χ4v) is 7.71. The van der Waals surface area contributed by atoms with E-state index in [9.17, 15) is 9.59 Å². The first-order chi connectivity index (χ1) is 20.7. The fraction of sp³-hybridized carbons (Fsp3) is 0.541. The smallest absolute Gasteiger partial charge is 0.332 e. The minimum atomic E-state index is -1.13. The third-order valence-electron chi connectivity index (χ3n) is 9.56. The van der Waals surface area contributed by atoms with Crippen molar-refractivity contribution in [2.24, 2.45) is 23.7 Å². The summed E-state index contributed by atoms with van der Waals surface area (Å²) in [6, 6.07) is 15.9. The molecule has 5 unspecified atom stereocenters. The maximum atomic E-state index is 14.4. The number of aromatic nitrogens is 2. The molecule has 5 rings (SSSR count). The molecule has 3 aromatic rings. The number of amides is 1. The Bertz CT molecular complexity index is 1530. The van der Waals surface area contributed by atoms with Crippen molar-refractivity contribution >= 4 is 11.9 Å². The summed E-state index contributed by atoms with van der Waals surface area (Å²) in [4.78, 5) is 28.6. The summed E-state index contributed by atoms with van der Waals surface area (Å²) in [7, 11) is 1.64. The number of aryl methyl sites for hydroxylation is 1. The first-order valence-corrected chi connectivity index (χ1v) is 16.1. The van der Waals surface area contributed by atoms with Gasteiger partial charge in [-0.3, -0.25) is 4.79 Å². The van der Waals surface area contributed by atoms with E-state index in [0.717, 1.165) is 47.3 Å². The Kier molecular flexibility index (Phi) is 8.71. The Morgan fingerprint density at radius 1 is 1.02 bits per heavy atom. The molecule has 44 heavy (non-hydrogen) atoms. The Morgan fingerprint density at radius 3 is 2.43 bits per heavy atom. The van der Waals surface area contributed by atoms with Crippen LogP contribution in [0.1, 0.15) is 102 Å². The van der Waals surface area contributed by atoms with Gasteiger partial charge in [0.05, 0.1) is 18.5 Å². The lowest BCUT2D eigenvalue weighted by atomic mass is 9.56. The maximum absolute atomic E-state index is 14.4. The number of ether oxygens (including phenoxy) is 2. The number of esters is 1. The molecule has 5 atom stereocenters. The monoisotopic (exact) mass is 599 g/mol. The maximum Gasteiger partial charge on any atom is 0.332 e. The van der Waals surface area contributed by atoms with E-state index >= 15 is 0 Å².